The number of nitrogens with zero attached hydrogens (tertiary/aromatic N) is 4. The zero-order valence-electron chi connectivity index (χ0n) is 18.0. The summed E-state index contributed by atoms with van der Waals surface area (Å²) in [6.07, 6.45) is 1.28. The van der Waals surface area contributed by atoms with E-state index in [4.69, 9.17) is 16.3 Å². The number of halogens is 1. The number of amides is 2. The Hall–Kier alpha value is -3.40. The fourth-order valence-electron chi connectivity index (χ4n) is 3.15. The lowest BCUT2D eigenvalue weighted by Gasteiger charge is -2.36. The van der Waals surface area contributed by atoms with Crippen LogP contribution in [0.5, 0.6) is 0 Å². The Balaban J connectivity index is 1.60. The van der Waals surface area contributed by atoms with Crippen LogP contribution in [0.1, 0.15) is 31.1 Å². The van der Waals surface area contributed by atoms with Gasteiger partial charge in [0.25, 0.3) is 11.6 Å². The van der Waals surface area contributed by atoms with Gasteiger partial charge >= 0.3 is 6.09 Å². The van der Waals surface area contributed by atoms with Crippen LogP contribution in [0, 0.1) is 10.1 Å². The van der Waals surface area contributed by atoms with E-state index in [9.17, 15) is 19.7 Å². The number of anilines is 2. The van der Waals surface area contributed by atoms with Crippen molar-refractivity contribution in [3.05, 3.63) is 57.2 Å². The number of nitrogens with one attached hydrogen (secondary N) is 1. The van der Waals surface area contributed by atoms with Gasteiger partial charge in [-0.25, -0.2) is 9.78 Å². The van der Waals surface area contributed by atoms with Gasteiger partial charge in [-0.05, 0) is 45.0 Å². The van der Waals surface area contributed by atoms with Gasteiger partial charge in [-0.1, -0.05) is 11.6 Å². The van der Waals surface area contributed by atoms with Gasteiger partial charge in [0.2, 0.25) is 0 Å². The van der Waals surface area contributed by atoms with Gasteiger partial charge in [-0.3, -0.25) is 14.9 Å². The molecule has 1 N–H and O–H groups in total. The Labute approximate surface area is 190 Å². The number of hydrogen-bond acceptors (Lipinski definition) is 7. The minimum Gasteiger partial charge on any atom is -0.444 e. The van der Waals surface area contributed by atoms with Crippen LogP contribution >= 0.6 is 11.6 Å². The first-order chi connectivity index (χ1) is 15.0. The van der Waals surface area contributed by atoms with Crippen LogP contribution in [0.15, 0.2) is 36.5 Å². The zero-order valence-corrected chi connectivity index (χ0v) is 18.8. The summed E-state index contributed by atoms with van der Waals surface area (Å²) in [5, 5.41) is 13.9. The highest BCUT2D eigenvalue weighted by atomic mass is 35.5. The van der Waals surface area contributed by atoms with E-state index in [2.05, 4.69) is 15.2 Å². The van der Waals surface area contributed by atoms with Gasteiger partial charge in [0.15, 0.2) is 0 Å². The largest absolute Gasteiger partial charge is 0.444 e. The number of nitro groups is 1. The average molecular weight is 462 g/mol. The molecule has 0 atom stereocenters. The van der Waals surface area contributed by atoms with Crippen molar-refractivity contribution in [3.63, 3.8) is 0 Å². The van der Waals surface area contributed by atoms with E-state index in [0.717, 1.165) is 11.8 Å². The lowest BCUT2D eigenvalue weighted by Crippen LogP contribution is -2.50. The molecular formula is C21H24ClN5O5. The van der Waals surface area contributed by atoms with Crippen molar-refractivity contribution in [2.75, 3.05) is 36.4 Å². The van der Waals surface area contributed by atoms with E-state index >= 15 is 0 Å². The van der Waals surface area contributed by atoms with Crippen LogP contribution in [-0.4, -0.2) is 58.6 Å². The molecule has 0 saturated carbocycles. The second kappa shape index (κ2) is 9.39. The summed E-state index contributed by atoms with van der Waals surface area (Å²) in [6.45, 7) is 7.77. The molecule has 1 aliphatic rings. The summed E-state index contributed by atoms with van der Waals surface area (Å²) in [5.74, 6) is -0.394. The van der Waals surface area contributed by atoms with Crippen LogP contribution in [-0.2, 0) is 4.74 Å². The van der Waals surface area contributed by atoms with Gasteiger partial charge in [0.05, 0.1) is 16.8 Å². The highest BCUT2D eigenvalue weighted by molar-refractivity contribution is 6.31. The fraction of sp³-hybridized carbons (Fsp3) is 0.381. The summed E-state index contributed by atoms with van der Waals surface area (Å²) in [4.78, 5) is 43.2. The molecule has 2 heterocycles. The van der Waals surface area contributed by atoms with E-state index in [-0.39, 0.29) is 28.2 Å². The molecule has 0 radical (unpaired) electrons. The number of hydrogen-bond donors (Lipinski definition) is 1. The van der Waals surface area contributed by atoms with Crippen molar-refractivity contribution in [1.29, 1.82) is 0 Å². The molecule has 11 heteroatoms. The van der Waals surface area contributed by atoms with Crippen molar-refractivity contribution in [2.45, 2.75) is 26.4 Å². The summed E-state index contributed by atoms with van der Waals surface area (Å²) in [6, 6.07) is 7.26. The summed E-state index contributed by atoms with van der Waals surface area (Å²) in [5.41, 5.74) is -0.187. The Morgan fingerprint density at radius 1 is 1.16 bits per heavy atom. The standard InChI is InChI=1S/C21H24ClN5O5/c1-21(2,3)32-20(29)26-10-8-25(9-11-26)15-5-7-18(23-13-15)24-19(28)16-6-4-14(22)12-17(16)27(30)31/h4-7,12-13H,8-11H2,1-3H3,(H,23,24,28). The van der Waals surface area contributed by atoms with Gasteiger partial charge in [-0.2, -0.15) is 0 Å². The number of carbonyl (C=O) groups excluding carboxylic acids is 2. The van der Waals surface area contributed by atoms with Crippen LogP contribution in [0.4, 0.5) is 22.0 Å². The van der Waals surface area contributed by atoms with E-state index in [0.29, 0.717) is 26.2 Å². The maximum atomic E-state index is 12.5. The second-order valence-corrected chi connectivity index (χ2v) is 8.67. The topological polar surface area (TPSA) is 118 Å². The molecule has 1 fully saturated rings. The molecule has 0 bridgehead atoms. The molecule has 2 amide bonds. The molecule has 0 aliphatic carbocycles. The third-order valence-electron chi connectivity index (χ3n) is 4.69. The van der Waals surface area contributed by atoms with Crippen LogP contribution in [0.3, 0.4) is 0 Å². The van der Waals surface area contributed by atoms with Crippen molar-refractivity contribution in [3.8, 4) is 0 Å². The number of ether oxygens (including phenoxy) is 1. The van der Waals surface area contributed by atoms with E-state index in [1.807, 2.05) is 20.8 Å². The van der Waals surface area contributed by atoms with E-state index in [1.165, 1.54) is 12.1 Å². The SMILES string of the molecule is CC(C)(C)OC(=O)N1CCN(c2ccc(NC(=O)c3ccc(Cl)cc3[N+](=O)[O-])nc2)CC1. The highest BCUT2D eigenvalue weighted by Crippen LogP contribution is 2.24. The molecule has 0 unspecified atom stereocenters. The van der Waals surface area contributed by atoms with Crippen molar-refractivity contribution < 1.29 is 19.2 Å². The highest BCUT2D eigenvalue weighted by Gasteiger charge is 2.26. The molecule has 32 heavy (non-hydrogen) atoms. The minimum atomic E-state index is -0.658. The van der Waals surface area contributed by atoms with Crippen LogP contribution in [0.25, 0.3) is 0 Å². The Morgan fingerprint density at radius 3 is 2.41 bits per heavy atom. The van der Waals surface area contributed by atoms with Gasteiger partial charge < -0.3 is 19.9 Å². The predicted octanol–water partition coefficient (Wildman–Crippen LogP) is 3.95. The number of pyridine rings is 1. The maximum absolute atomic E-state index is 12.5. The second-order valence-electron chi connectivity index (χ2n) is 8.23. The molecule has 1 saturated heterocycles. The van der Waals surface area contributed by atoms with Crippen molar-refractivity contribution in [2.24, 2.45) is 0 Å². The molecule has 0 spiro atoms. The summed E-state index contributed by atoms with van der Waals surface area (Å²) < 4.78 is 5.40. The number of nitro benzene ring substituents is 1. The van der Waals surface area contributed by atoms with Crippen molar-refractivity contribution >= 4 is 40.8 Å². The molecule has 1 aliphatic heterocycles. The molecule has 3 rings (SSSR count). The first kappa shape index (κ1) is 23.3. The summed E-state index contributed by atoms with van der Waals surface area (Å²) >= 11 is 5.79. The molecule has 1 aromatic carbocycles. The molecule has 170 valence electrons. The first-order valence-electron chi connectivity index (χ1n) is 9.98. The number of aromatic nitrogens is 1. The number of benzene rings is 1. The Morgan fingerprint density at radius 2 is 1.84 bits per heavy atom. The van der Waals surface area contributed by atoms with Gasteiger partial charge in [0.1, 0.15) is 17.0 Å². The molecular weight excluding hydrogens is 438 g/mol. The maximum Gasteiger partial charge on any atom is 0.410 e. The fourth-order valence-corrected chi connectivity index (χ4v) is 3.32. The van der Waals surface area contributed by atoms with E-state index < -0.39 is 16.4 Å². The Bertz CT molecular complexity index is 1010. The van der Waals surface area contributed by atoms with Gasteiger partial charge in [-0.15, -0.1) is 0 Å². The predicted molar refractivity (Wildman–Crippen MR) is 120 cm³/mol. The number of piperazine rings is 1. The number of carbonyl (C=O) groups is 2. The van der Waals surface area contributed by atoms with E-state index in [1.54, 1.807) is 23.2 Å². The zero-order chi connectivity index (χ0) is 23.5. The summed E-state index contributed by atoms with van der Waals surface area (Å²) in [7, 11) is 0. The number of rotatable bonds is 4. The Kier molecular flexibility index (Phi) is 6.83. The minimum absolute atomic E-state index is 0.108. The smallest absolute Gasteiger partial charge is 0.410 e. The van der Waals surface area contributed by atoms with Crippen molar-refractivity contribution in [1.82, 2.24) is 9.88 Å². The lowest BCUT2D eigenvalue weighted by molar-refractivity contribution is -0.385. The van der Waals surface area contributed by atoms with Crippen LogP contribution in [0.2, 0.25) is 5.02 Å². The van der Waals surface area contributed by atoms with Gasteiger partial charge in [0, 0.05) is 37.3 Å². The normalized spacial score (nSPS) is 14.1. The molecule has 2 aromatic rings. The molecule has 1 aromatic heterocycles. The third-order valence-corrected chi connectivity index (χ3v) is 4.92. The van der Waals surface area contributed by atoms with Crippen LogP contribution < -0.4 is 10.2 Å². The quantitative estimate of drug-likeness (QED) is 0.540. The average Bonchev–Trinajstić information content (AvgIpc) is 2.73. The molecule has 10 nitrogen and oxygen atoms in total. The third kappa shape index (κ3) is 5.85. The monoisotopic (exact) mass is 461 g/mol. The lowest BCUT2D eigenvalue weighted by atomic mass is 10.1. The first-order valence-corrected chi connectivity index (χ1v) is 10.4.